The zero-order chi connectivity index (χ0) is 13.5. The number of nitrogens with zero attached hydrogens (tertiary/aromatic N) is 2. The van der Waals surface area contributed by atoms with Crippen LogP contribution in [0.2, 0.25) is 0 Å². The standard InChI is InChI=1S/C15H25N3O/c1-3-9-16-13-6-5-7-14-12(13)11-17-15(18-14)8-10-19-4-2/h11,13,16H,3-10H2,1-2H3. The lowest BCUT2D eigenvalue weighted by molar-refractivity contribution is 0.149. The molecule has 0 amide bonds. The van der Waals surface area contributed by atoms with Gasteiger partial charge in [0, 0.05) is 36.5 Å². The maximum Gasteiger partial charge on any atom is 0.130 e. The molecule has 106 valence electrons. The number of rotatable bonds is 7. The number of fused-ring (bicyclic) bond motifs is 1. The molecule has 2 rings (SSSR count). The van der Waals surface area contributed by atoms with Crippen molar-refractivity contribution in [3.8, 4) is 0 Å². The third-order valence-electron chi connectivity index (χ3n) is 3.55. The lowest BCUT2D eigenvalue weighted by Crippen LogP contribution is -2.27. The van der Waals surface area contributed by atoms with Crippen LogP contribution in [0.15, 0.2) is 6.20 Å². The van der Waals surface area contributed by atoms with Crippen molar-refractivity contribution in [2.75, 3.05) is 19.8 Å². The first kappa shape index (κ1) is 14.4. The average Bonchev–Trinajstić information content (AvgIpc) is 2.45. The molecule has 1 atom stereocenters. The largest absolute Gasteiger partial charge is 0.381 e. The second-order valence-corrected chi connectivity index (χ2v) is 5.03. The summed E-state index contributed by atoms with van der Waals surface area (Å²) < 4.78 is 5.36. The highest BCUT2D eigenvalue weighted by atomic mass is 16.5. The van der Waals surface area contributed by atoms with Gasteiger partial charge in [-0.1, -0.05) is 6.92 Å². The monoisotopic (exact) mass is 263 g/mol. The zero-order valence-electron chi connectivity index (χ0n) is 12.1. The van der Waals surface area contributed by atoms with E-state index < -0.39 is 0 Å². The molecule has 1 aromatic heterocycles. The van der Waals surface area contributed by atoms with Gasteiger partial charge in [0.1, 0.15) is 5.82 Å². The molecule has 4 heteroatoms. The van der Waals surface area contributed by atoms with Crippen molar-refractivity contribution in [2.24, 2.45) is 0 Å². The predicted molar refractivity (Wildman–Crippen MR) is 76.2 cm³/mol. The van der Waals surface area contributed by atoms with Crippen molar-refractivity contribution in [3.05, 3.63) is 23.3 Å². The van der Waals surface area contributed by atoms with Gasteiger partial charge < -0.3 is 10.1 Å². The Morgan fingerprint density at radius 3 is 3.11 bits per heavy atom. The molecule has 0 aliphatic heterocycles. The highest BCUT2D eigenvalue weighted by molar-refractivity contribution is 5.24. The summed E-state index contributed by atoms with van der Waals surface area (Å²) in [5, 5.41) is 3.59. The Bertz CT molecular complexity index is 395. The molecule has 0 bridgehead atoms. The Kier molecular flexibility index (Phi) is 5.73. The third kappa shape index (κ3) is 3.98. The van der Waals surface area contributed by atoms with Gasteiger partial charge in [-0.25, -0.2) is 9.97 Å². The first-order valence-corrected chi connectivity index (χ1v) is 7.51. The van der Waals surface area contributed by atoms with Gasteiger partial charge in [0.2, 0.25) is 0 Å². The number of hydrogen-bond donors (Lipinski definition) is 1. The zero-order valence-corrected chi connectivity index (χ0v) is 12.1. The number of aromatic nitrogens is 2. The Morgan fingerprint density at radius 2 is 2.32 bits per heavy atom. The molecule has 1 aliphatic carbocycles. The van der Waals surface area contributed by atoms with Gasteiger partial charge in [-0.05, 0) is 39.2 Å². The normalized spacial score (nSPS) is 18.3. The maximum absolute atomic E-state index is 5.36. The minimum absolute atomic E-state index is 0.449. The van der Waals surface area contributed by atoms with E-state index in [4.69, 9.17) is 9.72 Å². The second-order valence-electron chi connectivity index (χ2n) is 5.03. The van der Waals surface area contributed by atoms with E-state index in [0.29, 0.717) is 12.6 Å². The molecule has 1 aliphatic rings. The van der Waals surface area contributed by atoms with Gasteiger partial charge in [-0.3, -0.25) is 0 Å². The summed E-state index contributed by atoms with van der Waals surface area (Å²) in [5.41, 5.74) is 2.54. The fourth-order valence-corrected chi connectivity index (χ4v) is 2.55. The summed E-state index contributed by atoms with van der Waals surface area (Å²) in [6.45, 7) is 6.75. The van der Waals surface area contributed by atoms with Gasteiger partial charge in [0.15, 0.2) is 0 Å². The molecule has 4 nitrogen and oxygen atoms in total. The Hall–Kier alpha value is -1.00. The molecular formula is C15H25N3O. The fraction of sp³-hybridized carbons (Fsp3) is 0.733. The Balaban J connectivity index is 2.02. The van der Waals surface area contributed by atoms with Gasteiger partial charge in [0.25, 0.3) is 0 Å². The van der Waals surface area contributed by atoms with E-state index in [1.165, 1.54) is 30.5 Å². The van der Waals surface area contributed by atoms with E-state index in [2.05, 4.69) is 17.2 Å². The summed E-state index contributed by atoms with van der Waals surface area (Å²) in [7, 11) is 0. The van der Waals surface area contributed by atoms with E-state index in [-0.39, 0.29) is 0 Å². The van der Waals surface area contributed by atoms with Crippen molar-refractivity contribution in [1.82, 2.24) is 15.3 Å². The van der Waals surface area contributed by atoms with Crippen LogP contribution in [0.4, 0.5) is 0 Å². The fourth-order valence-electron chi connectivity index (χ4n) is 2.55. The van der Waals surface area contributed by atoms with Gasteiger partial charge in [-0.15, -0.1) is 0 Å². The molecule has 19 heavy (non-hydrogen) atoms. The number of hydrogen-bond acceptors (Lipinski definition) is 4. The van der Waals surface area contributed by atoms with Crippen molar-refractivity contribution in [2.45, 2.75) is 52.0 Å². The van der Waals surface area contributed by atoms with Gasteiger partial charge >= 0.3 is 0 Å². The summed E-state index contributed by atoms with van der Waals surface area (Å²) in [5.74, 6) is 0.920. The molecule has 1 unspecified atom stereocenters. The molecule has 1 aromatic rings. The molecule has 0 fully saturated rings. The topological polar surface area (TPSA) is 47.0 Å². The summed E-state index contributed by atoms with van der Waals surface area (Å²) in [6, 6.07) is 0.449. The van der Waals surface area contributed by atoms with Crippen molar-refractivity contribution < 1.29 is 4.74 Å². The summed E-state index contributed by atoms with van der Waals surface area (Å²) >= 11 is 0. The quantitative estimate of drug-likeness (QED) is 0.768. The van der Waals surface area contributed by atoms with Crippen LogP contribution < -0.4 is 5.32 Å². The van der Waals surface area contributed by atoms with Crippen LogP contribution >= 0.6 is 0 Å². The van der Waals surface area contributed by atoms with Gasteiger partial charge in [-0.2, -0.15) is 0 Å². The Morgan fingerprint density at radius 1 is 1.42 bits per heavy atom. The first-order chi connectivity index (χ1) is 9.35. The molecule has 0 spiro atoms. The van der Waals surface area contributed by atoms with Crippen molar-refractivity contribution in [1.29, 1.82) is 0 Å². The summed E-state index contributed by atoms with van der Waals surface area (Å²) in [6.07, 6.45) is 7.51. The van der Waals surface area contributed by atoms with E-state index in [1.807, 2.05) is 13.1 Å². The molecule has 0 saturated carbocycles. The van der Waals surface area contributed by atoms with E-state index >= 15 is 0 Å². The molecular weight excluding hydrogens is 238 g/mol. The van der Waals surface area contributed by atoms with Crippen LogP contribution in [0.1, 0.15) is 56.2 Å². The molecule has 0 saturated heterocycles. The lowest BCUT2D eigenvalue weighted by Gasteiger charge is -2.25. The highest BCUT2D eigenvalue weighted by Gasteiger charge is 2.21. The van der Waals surface area contributed by atoms with E-state index in [0.717, 1.165) is 31.8 Å². The maximum atomic E-state index is 5.36. The smallest absolute Gasteiger partial charge is 0.130 e. The molecule has 0 aromatic carbocycles. The number of aryl methyl sites for hydroxylation is 1. The first-order valence-electron chi connectivity index (χ1n) is 7.51. The lowest BCUT2D eigenvalue weighted by atomic mass is 9.92. The highest BCUT2D eigenvalue weighted by Crippen LogP contribution is 2.27. The SMILES string of the molecule is CCCNC1CCCc2nc(CCOCC)ncc21. The van der Waals surface area contributed by atoms with Crippen LogP contribution in [0.25, 0.3) is 0 Å². The molecule has 1 N–H and O–H groups in total. The minimum Gasteiger partial charge on any atom is -0.381 e. The average molecular weight is 263 g/mol. The van der Waals surface area contributed by atoms with Crippen LogP contribution in [0.5, 0.6) is 0 Å². The van der Waals surface area contributed by atoms with Gasteiger partial charge in [0.05, 0.1) is 6.61 Å². The van der Waals surface area contributed by atoms with Crippen LogP contribution in [0.3, 0.4) is 0 Å². The molecule has 1 heterocycles. The minimum atomic E-state index is 0.449. The molecule has 0 radical (unpaired) electrons. The Labute approximate surface area is 116 Å². The van der Waals surface area contributed by atoms with Crippen molar-refractivity contribution >= 4 is 0 Å². The van der Waals surface area contributed by atoms with Crippen LogP contribution in [-0.4, -0.2) is 29.7 Å². The van der Waals surface area contributed by atoms with Crippen molar-refractivity contribution in [3.63, 3.8) is 0 Å². The van der Waals surface area contributed by atoms with E-state index in [1.54, 1.807) is 0 Å². The van der Waals surface area contributed by atoms with Crippen LogP contribution in [0, 0.1) is 0 Å². The number of nitrogens with one attached hydrogen (secondary N) is 1. The predicted octanol–water partition coefficient (Wildman–Crippen LogP) is 2.43. The number of ether oxygens (including phenoxy) is 1. The summed E-state index contributed by atoms with van der Waals surface area (Å²) in [4.78, 5) is 9.20. The third-order valence-corrected chi connectivity index (χ3v) is 3.55. The van der Waals surface area contributed by atoms with Crippen LogP contribution in [-0.2, 0) is 17.6 Å². The second kappa shape index (κ2) is 7.56. The van der Waals surface area contributed by atoms with E-state index in [9.17, 15) is 0 Å².